The second kappa shape index (κ2) is 9.20. The molecule has 2 N–H and O–H groups in total. The van der Waals surface area contributed by atoms with Gasteiger partial charge in [-0.2, -0.15) is 5.10 Å². The van der Waals surface area contributed by atoms with Gasteiger partial charge in [0.05, 0.1) is 19.1 Å². The average Bonchev–Trinajstić information content (AvgIpc) is 2.56. The van der Waals surface area contributed by atoms with E-state index in [1.54, 1.807) is 18.2 Å². The molecule has 1 amide bonds. The van der Waals surface area contributed by atoms with Crippen LogP contribution in [-0.4, -0.2) is 30.1 Å². The number of benzene rings is 2. The lowest BCUT2D eigenvalue weighted by molar-refractivity contribution is -0.118. The van der Waals surface area contributed by atoms with E-state index in [4.69, 9.17) is 16.3 Å². The van der Waals surface area contributed by atoms with Crippen molar-refractivity contribution in [2.24, 2.45) is 5.10 Å². The molecule has 5 nitrogen and oxygen atoms in total. The molecular weight excluding hydrogens is 348 g/mol. The number of methoxy groups -OCH3 is 1. The van der Waals surface area contributed by atoms with E-state index in [0.29, 0.717) is 22.1 Å². The van der Waals surface area contributed by atoms with Gasteiger partial charge < -0.3 is 9.84 Å². The summed E-state index contributed by atoms with van der Waals surface area (Å²) in [6.45, 7) is 0. The molecule has 0 unspecified atom stereocenters. The first-order chi connectivity index (χ1) is 11.6. The van der Waals surface area contributed by atoms with Crippen molar-refractivity contribution in [3.8, 4) is 11.5 Å². The van der Waals surface area contributed by atoms with Gasteiger partial charge in [0.25, 0.3) is 0 Å². The molecule has 0 aliphatic heterocycles. The number of thioether (sulfide) groups is 1. The molecule has 2 aromatic rings. The number of phenols is 1. The summed E-state index contributed by atoms with van der Waals surface area (Å²) in [4.78, 5) is 11.7. The molecule has 0 fully saturated rings. The number of hydrogen-bond donors (Lipinski definition) is 2. The maximum atomic E-state index is 11.7. The number of rotatable bonds is 7. The molecule has 24 heavy (non-hydrogen) atoms. The summed E-state index contributed by atoms with van der Waals surface area (Å²) in [5, 5.41) is 14.4. The molecule has 0 bridgehead atoms. The Balaban J connectivity index is 1.79. The first-order valence-electron chi connectivity index (χ1n) is 7.10. The summed E-state index contributed by atoms with van der Waals surface area (Å²) < 4.78 is 5.00. The highest BCUT2D eigenvalue weighted by Crippen LogP contribution is 2.27. The number of para-hydroxylation sites is 1. The zero-order valence-electron chi connectivity index (χ0n) is 13.0. The van der Waals surface area contributed by atoms with Crippen LogP contribution in [0.25, 0.3) is 0 Å². The molecule has 2 rings (SSSR count). The Morgan fingerprint density at radius 2 is 2.17 bits per heavy atom. The van der Waals surface area contributed by atoms with Gasteiger partial charge in [0.1, 0.15) is 0 Å². The van der Waals surface area contributed by atoms with Crippen LogP contribution in [0.2, 0.25) is 5.02 Å². The summed E-state index contributed by atoms with van der Waals surface area (Å²) in [6.07, 6.45) is 1.37. The van der Waals surface area contributed by atoms with Gasteiger partial charge in [0.15, 0.2) is 11.5 Å². The zero-order chi connectivity index (χ0) is 17.4. The fourth-order valence-corrected chi connectivity index (χ4v) is 2.88. The van der Waals surface area contributed by atoms with Crippen molar-refractivity contribution in [2.45, 2.75) is 5.75 Å². The summed E-state index contributed by atoms with van der Waals surface area (Å²) in [5.74, 6) is 1.07. The number of nitrogens with one attached hydrogen (secondary N) is 1. The van der Waals surface area contributed by atoms with Gasteiger partial charge in [-0.25, -0.2) is 5.43 Å². The lowest BCUT2D eigenvalue weighted by Crippen LogP contribution is -2.19. The van der Waals surface area contributed by atoms with Gasteiger partial charge in [-0.05, 0) is 29.8 Å². The topological polar surface area (TPSA) is 70.9 Å². The first-order valence-corrected chi connectivity index (χ1v) is 8.63. The smallest absolute Gasteiger partial charge is 0.250 e. The quantitative estimate of drug-likeness (QED) is 0.583. The number of amides is 1. The number of nitrogens with zero attached hydrogens (tertiary/aromatic N) is 1. The van der Waals surface area contributed by atoms with Crippen LogP contribution in [-0.2, 0) is 10.5 Å². The van der Waals surface area contributed by atoms with Crippen molar-refractivity contribution in [2.75, 3.05) is 12.9 Å². The van der Waals surface area contributed by atoms with Crippen molar-refractivity contribution < 1.29 is 14.6 Å². The lowest BCUT2D eigenvalue weighted by Gasteiger charge is -2.05. The molecule has 0 aliphatic rings. The number of aromatic hydroxyl groups is 1. The summed E-state index contributed by atoms with van der Waals surface area (Å²) in [7, 11) is 1.47. The monoisotopic (exact) mass is 364 g/mol. The maximum absolute atomic E-state index is 11.7. The van der Waals surface area contributed by atoms with E-state index in [-0.39, 0.29) is 17.4 Å². The number of ether oxygens (including phenoxy) is 1. The second-order valence-corrected chi connectivity index (χ2v) is 6.24. The third kappa shape index (κ3) is 5.47. The van der Waals surface area contributed by atoms with Crippen molar-refractivity contribution in [3.63, 3.8) is 0 Å². The summed E-state index contributed by atoms with van der Waals surface area (Å²) in [5.41, 5.74) is 3.94. The van der Waals surface area contributed by atoms with Crippen molar-refractivity contribution in [1.29, 1.82) is 0 Å². The number of phenolic OH excluding ortho intramolecular Hbond substituents is 1. The van der Waals surface area contributed by atoms with Crippen molar-refractivity contribution >= 4 is 35.5 Å². The minimum Gasteiger partial charge on any atom is -0.504 e. The van der Waals surface area contributed by atoms with Gasteiger partial charge >= 0.3 is 0 Å². The first kappa shape index (κ1) is 18.2. The Kier molecular flexibility index (Phi) is 6.96. The van der Waals surface area contributed by atoms with Gasteiger partial charge in [0.2, 0.25) is 5.91 Å². The van der Waals surface area contributed by atoms with E-state index < -0.39 is 0 Å². The van der Waals surface area contributed by atoms with Crippen LogP contribution in [0.3, 0.4) is 0 Å². The molecule has 0 spiro atoms. The molecule has 0 saturated heterocycles. The minimum absolute atomic E-state index is 0.0201. The highest BCUT2D eigenvalue weighted by molar-refractivity contribution is 7.99. The Labute approximate surface area is 149 Å². The number of carbonyl (C=O) groups excluding carboxylic acids is 1. The zero-order valence-corrected chi connectivity index (χ0v) is 14.6. The van der Waals surface area contributed by atoms with E-state index in [1.807, 2.05) is 24.3 Å². The fourth-order valence-electron chi connectivity index (χ4n) is 1.90. The van der Waals surface area contributed by atoms with E-state index in [0.717, 1.165) is 5.56 Å². The van der Waals surface area contributed by atoms with E-state index in [9.17, 15) is 9.90 Å². The van der Waals surface area contributed by atoms with Crippen molar-refractivity contribution in [1.82, 2.24) is 5.43 Å². The molecule has 2 aromatic carbocycles. The summed E-state index contributed by atoms with van der Waals surface area (Å²) in [6, 6.07) is 12.5. The third-order valence-electron chi connectivity index (χ3n) is 3.03. The van der Waals surface area contributed by atoms with Gasteiger partial charge in [0, 0.05) is 16.3 Å². The predicted octanol–water partition coefficient (Wildman–Crippen LogP) is 3.44. The van der Waals surface area contributed by atoms with E-state index in [2.05, 4.69) is 10.5 Å². The van der Waals surface area contributed by atoms with Crippen LogP contribution in [0.1, 0.15) is 11.1 Å². The largest absolute Gasteiger partial charge is 0.504 e. The van der Waals surface area contributed by atoms with Crippen LogP contribution in [0.4, 0.5) is 0 Å². The van der Waals surface area contributed by atoms with Gasteiger partial charge in [-0.15, -0.1) is 11.8 Å². The highest BCUT2D eigenvalue weighted by Gasteiger charge is 2.05. The van der Waals surface area contributed by atoms with Crippen molar-refractivity contribution in [3.05, 3.63) is 58.6 Å². The molecule has 0 heterocycles. The Morgan fingerprint density at radius 3 is 2.92 bits per heavy atom. The highest BCUT2D eigenvalue weighted by atomic mass is 35.5. The number of carbonyl (C=O) groups is 1. The van der Waals surface area contributed by atoms with Gasteiger partial charge in [-0.1, -0.05) is 29.8 Å². The molecule has 0 aromatic heterocycles. The molecule has 0 saturated carbocycles. The number of hydrazone groups is 1. The fraction of sp³-hybridized carbons (Fsp3) is 0.176. The molecule has 0 aliphatic carbocycles. The van der Waals surface area contributed by atoms with Crippen LogP contribution < -0.4 is 10.2 Å². The van der Waals surface area contributed by atoms with E-state index in [1.165, 1.54) is 25.1 Å². The number of halogens is 1. The van der Waals surface area contributed by atoms with E-state index >= 15 is 0 Å². The standard InChI is InChI=1S/C17H17ClN2O3S/c1-23-15-7-3-5-13(17(15)22)9-19-20-16(21)11-24-10-12-4-2-6-14(18)8-12/h2-9,22H,10-11H2,1H3,(H,20,21)/b19-9-. The van der Waals surface area contributed by atoms with Crippen LogP contribution in [0.15, 0.2) is 47.6 Å². The molecule has 0 radical (unpaired) electrons. The van der Waals surface area contributed by atoms with Gasteiger partial charge in [-0.3, -0.25) is 4.79 Å². The predicted molar refractivity (Wildman–Crippen MR) is 98.0 cm³/mol. The van der Waals surface area contributed by atoms with Crippen LogP contribution >= 0.6 is 23.4 Å². The molecular formula is C17H17ClN2O3S. The number of hydrogen-bond acceptors (Lipinski definition) is 5. The third-order valence-corrected chi connectivity index (χ3v) is 4.27. The molecule has 0 atom stereocenters. The lowest BCUT2D eigenvalue weighted by atomic mass is 10.2. The second-order valence-electron chi connectivity index (χ2n) is 4.81. The SMILES string of the molecule is COc1cccc(/C=N\NC(=O)CSCc2cccc(Cl)c2)c1O. The van der Waals surface area contributed by atoms with Crippen LogP contribution in [0, 0.1) is 0 Å². The Bertz CT molecular complexity index is 738. The maximum Gasteiger partial charge on any atom is 0.250 e. The Hall–Kier alpha value is -2.18. The molecule has 7 heteroatoms. The summed E-state index contributed by atoms with van der Waals surface area (Å²) >= 11 is 7.38. The Morgan fingerprint density at radius 1 is 1.38 bits per heavy atom. The average molecular weight is 365 g/mol. The van der Waals surface area contributed by atoms with Crippen LogP contribution in [0.5, 0.6) is 11.5 Å². The minimum atomic E-state index is -0.222. The normalized spacial score (nSPS) is 10.8. The molecule has 126 valence electrons.